The predicted octanol–water partition coefficient (Wildman–Crippen LogP) is 3.30. The van der Waals surface area contributed by atoms with Gasteiger partial charge in [0.05, 0.1) is 6.61 Å². The molecule has 1 aromatic carbocycles. The highest BCUT2D eigenvalue weighted by atomic mass is 16.5. The highest BCUT2D eigenvalue weighted by Gasteiger charge is 2.22. The molecule has 0 amide bonds. The molecule has 1 N–H and O–H groups in total. The number of ether oxygens (including phenoxy) is 1. The molecule has 3 nitrogen and oxygen atoms in total. The number of nitrogens with zero attached hydrogens (tertiary/aromatic N) is 1. The molecule has 0 saturated carbocycles. The maximum absolute atomic E-state index is 5.71. The maximum atomic E-state index is 5.71. The number of rotatable bonds is 8. The first-order chi connectivity index (χ1) is 9.83. The summed E-state index contributed by atoms with van der Waals surface area (Å²) in [5.74, 6) is 1.78. The van der Waals surface area contributed by atoms with Crippen LogP contribution in [0.4, 0.5) is 5.69 Å². The van der Waals surface area contributed by atoms with E-state index in [0.717, 1.165) is 37.8 Å². The van der Waals surface area contributed by atoms with Crippen molar-refractivity contribution in [2.45, 2.75) is 33.1 Å². The Morgan fingerprint density at radius 1 is 1.25 bits per heavy atom. The van der Waals surface area contributed by atoms with Crippen LogP contribution in [0.25, 0.3) is 0 Å². The molecule has 1 fully saturated rings. The Balaban J connectivity index is 1.81. The topological polar surface area (TPSA) is 24.5 Å². The van der Waals surface area contributed by atoms with E-state index in [2.05, 4.69) is 48.3 Å². The Morgan fingerprint density at radius 3 is 2.75 bits per heavy atom. The van der Waals surface area contributed by atoms with Gasteiger partial charge in [0.2, 0.25) is 0 Å². The van der Waals surface area contributed by atoms with Crippen molar-refractivity contribution in [1.29, 1.82) is 0 Å². The van der Waals surface area contributed by atoms with E-state index in [9.17, 15) is 0 Å². The number of nitrogens with one attached hydrogen (secondary N) is 1. The van der Waals surface area contributed by atoms with Crippen molar-refractivity contribution in [2.24, 2.45) is 5.92 Å². The van der Waals surface area contributed by atoms with Crippen molar-refractivity contribution in [3.05, 3.63) is 24.3 Å². The third-order valence-corrected chi connectivity index (χ3v) is 3.94. The van der Waals surface area contributed by atoms with Crippen LogP contribution in [-0.2, 0) is 0 Å². The molecule has 1 aliphatic rings. The second-order valence-corrected chi connectivity index (χ2v) is 5.60. The van der Waals surface area contributed by atoms with Gasteiger partial charge in [-0.25, -0.2) is 0 Å². The molecule has 2 rings (SSSR count). The molecule has 0 aromatic heterocycles. The van der Waals surface area contributed by atoms with E-state index in [0.29, 0.717) is 0 Å². The second kappa shape index (κ2) is 8.15. The molecule has 1 aromatic rings. The van der Waals surface area contributed by atoms with Crippen molar-refractivity contribution < 1.29 is 4.74 Å². The lowest BCUT2D eigenvalue weighted by atomic mass is 10.1. The molecule has 3 heteroatoms. The Labute approximate surface area is 123 Å². The fraction of sp³-hybridized carbons (Fsp3) is 0.647. The van der Waals surface area contributed by atoms with Crippen LogP contribution in [-0.4, -0.2) is 32.8 Å². The highest BCUT2D eigenvalue weighted by Crippen LogP contribution is 2.25. The van der Waals surface area contributed by atoms with Gasteiger partial charge in [0.1, 0.15) is 5.75 Å². The normalized spacial score (nSPS) is 18.5. The first kappa shape index (κ1) is 15.2. The van der Waals surface area contributed by atoms with Gasteiger partial charge in [0.25, 0.3) is 0 Å². The number of hydrogen-bond donors (Lipinski definition) is 1. The van der Waals surface area contributed by atoms with Crippen LogP contribution in [0.15, 0.2) is 24.3 Å². The molecule has 112 valence electrons. The lowest BCUT2D eigenvalue weighted by Crippen LogP contribution is -2.26. The molecule has 1 atom stereocenters. The predicted molar refractivity (Wildman–Crippen MR) is 85.7 cm³/mol. The zero-order valence-corrected chi connectivity index (χ0v) is 12.9. The molecule has 0 radical (unpaired) electrons. The van der Waals surface area contributed by atoms with Crippen molar-refractivity contribution in [1.82, 2.24) is 5.32 Å². The van der Waals surface area contributed by atoms with Crippen molar-refractivity contribution in [3.63, 3.8) is 0 Å². The highest BCUT2D eigenvalue weighted by molar-refractivity contribution is 5.49. The van der Waals surface area contributed by atoms with Gasteiger partial charge < -0.3 is 15.0 Å². The van der Waals surface area contributed by atoms with Gasteiger partial charge in [0, 0.05) is 18.8 Å². The zero-order chi connectivity index (χ0) is 14.2. The quantitative estimate of drug-likeness (QED) is 0.737. The monoisotopic (exact) mass is 276 g/mol. The minimum absolute atomic E-state index is 0.787. The van der Waals surface area contributed by atoms with Crippen LogP contribution in [0, 0.1) is 5.92 Å². The summed E-state index contributed by atoms with van der Waals surface area (Å²) in [6, 6.07) is 8.58. The SMILES string of the molecule is CCCCOc1ccc(N2CCC(CNCC)C2)cc1. The minimum atomic E-state index is 0.787. The van der Waals surface area contributed by atoms with Crippen LogP contribution >= 0.6 is 0 Å². The van der Waals surface area contributed by atoms with Gasteiger partial charge >= 0.3 is 0 Å². The minimum Gasteiger partial charge on any atom is -0.494 e. The molecule has 1 aliphatic heterocycles. The molecule has 1 unspecified atom stereocenters. The Kier molecular flexibility index (Phi) is 6.19. The number of benzene rings is 1. The molecule has 1 saturated heterocycles. The average Bonchev–Trinajstić information content (AvgIpc) is 2.95. The van der Waals surface area contributed by atoms with Gasteiger partial charge in [-0.2, -0.15) is 0 Å². The van der Waals surface area contributed by atoms with Crippen LogP contribution in [0.1, 0.15) is 33.1 Å². The Hall–Kier alpha value is -1.22. The van der Waals surface area contributed by atoms with E-state index in [4.69, 9.17) is 4.74 Å². The first-order valence-corrected chi connectivity index (χ1v) is 8.02. The van der Waals surface area contributed by atoms with Gasteiger partial charge in [-0.15, -0.1) is 0 Å². The summed E-state index contributed by atoms with van der Waals surface area (Å²) in [5, 5.41) is 3.45. The van der Waals surface area contributed by atoms with Crippen LogP contribution < -0.4 is 15.0 Å². The average molecular weight is 276 g/mol. The number of anilines is 1. The summed E-state index contributed by atoms with van der Waals surface area (Å²) >= 11 is 0. The van der Waals surface area contributed by atoms with Crippen molar-refractivity contribution in [3.8, 4) is 5.75 Å². The summed E-state index contributed by atoms with van der Waals surface area (Å²) in [7, 11) is 0. The van der Waals surface area contributed by atoms with Gasteiger partial charge in [0.15, 0.2) is 0 Å². The number of unbranched alkanes of at least 4 members (excludes halogenated alkanes) is 1. The second-order valence-electron chi connectivity index (χ2n) is 5.60. The van der Waals surface area contributed by atoms with Gasteiger partial charge in [-0.1, -0.05) is 20.3 Å². The third kappa shape index (κ3) is 4.41. The fourth-order valence-electron chi connectivity index (χ4n) is 2.67. The van der Waals surface area contributed by atoms with E-state index in [1.165, 1.54) is 31.6 Å². The zero-order valence-electron chi connectivity index (χ0n) is 12.9. The number of hydrogen-bond acceptors (Lipinski definition) is 3. The molecule has 0 bridgehead atoms. The maximum Gasteiger partial charge on any atom is 0.119 e. The van der Waals surface area contributed by atoms with Crippen molar-refractivity contribution in [2.75, 3.05) is 37.7 Å². The fourth-order valence-corrected chi connectivity index (χ4v) is 2.67. The smallest absolute Gasteiger partial charge is 0.119 e. The standard InChI is InChI=1S/C17H28N2O/c1-3-5-12-20-17-8-6-16(7-9-17)19-11-10-15(14-19)13-18-4-2/h6-9,15,18H,3-5,10-14H2,1-2H3. The van der Waals surface area contributed by atoms with Gasteiger partial charge in [-0.3, -0.25) is 0 Å². The molecule has 0 spiro atoms. The summed E-state index contributed by atoms with van der Waals surface area (Å²) in [6.07, 6.45) is 3.60. The Morgan fingerprint density at radius 2 is 2.05 bits per heavy atom. The molecule has 0 aliphatic carbocycles. The van der Waals surface area contributed by atoms with E-state index in [-0.39, 0.29) is 0 Å². The van der Waals surface area contributed by atoms with E-state index >= 15 is 0 Å². The van der Waals surface area contributed by atoms with Crippen LogP contribution in [0.3, 0.4) is 0 Å². The summed E-state index contributed by atoms with van der Waals surface area (Å²) in [5.41, 5.74) is 1.33. The van der Waals surface area contributed by atoms with Gasteiger partial charge in [-0.05, 0) is 56.1 Å². The van der Waals surface area contributed by atoms with Crippen molar-refractivity contribution >= 4 is 5.69 Å². The molecular formula is C17H28N2O. The van der Waals surface area contributed by atoms with E-state index in [1.807, 2.05) is 0 Å². The summed E-state index contributed by atoms with van der Waals surface area (Å²) < 4.78 is 5.71. The lowest BCUT2D eigenvalue weighted by molar-refractivity contribution is 0.309. The summed E-state index contributed by atoms with van der Waals surface area (Å²) in [6.45, 7) is 9.73. The lowest BCUT2D eigenvalue weighted by Gasteiger charge is -2.19. The van der Waals surface area contributed by atoms with E-state index < -0.39 is 0 Å². The summed E-state index contributed by atoms with van der Waals surface area (Å²) in [4.78, 5) is 2.48. The van der Waals surface area contributed by atoms with E-state index in [1.54, 1.807) is 0 Å². The molecule has 1 heterocycles. The van der Waals surface area contributed by atoms with Crippen LogP contribution in [0.5, 0.6) is 5.75 Å². The molecule has 20 heavy (non-hydrogen) atoms. The Bertz CT molecular complexity index is 377. The van der Waals surface area contributed by atoms with Crippen LogP contribution in [0.2, 0.25) is 0 Å². The first-order valence-electron chi connectivity index (χ1n) is 8.02. The third-order valence-electron chi connectivity index (χ3n) is 3.94. The largest absolute Gasteiger partial charge is 0.494 e. The molecular weight excluding hydrogens is 248 g/mol.